The number of carbonyl (C=O) groups excluding carboxylic acids is 1. The van der Waals surface area contributed by atoms with E-state index in [0.29, 0.717) is 25.2 Å². The molecule has 1 unspecified atom stereocenters. The third-order valence-corrected chi connectivity index (χ3v) is 6.60. The molecule has 1 aromatic heterocycles. The van der Waals surface area contributed by atoms with Gasteiger partial charge in [0, 0.05) is 29.9 Å². The van der Waals surface area contributed by atoms with E-state index in [1.54, 1.807) is 0 Å². The van der Waals surface area contributed by atoms with Crippen molar-refractivity contribution in [2.75, 3.05) is 13.1 Å². The smallest absolute Gasteiger partial charge is 0.254 e. The summed E-state index contributed by atoms with van der Waals surface area (Å²) in [5, 5.41) is 0. The molecule has 4 rings (SSSR count). The van der Waals surface area contributed by atoms with Crippen LogP contribution in [-0.2, 0) is 6.54 Å². The van der Waals surface area contributed by atoms with Crippen molar-refractivity contribution in [3.63, 3.8) is 0 Å². The van der Waals surface area contributed by atoms with Crippen molar-refractivity contribution < 1.29 is 4.79 Å². The Kier molecular flexibility index (Phi) is 8.34. The monoisotopic (exact) mass is 480 g/mol. The Balaban J connectivity index is 1.86. The van der Waals surface area contributed by atoms with Gasteiger partial charge in [0.25, 0.3) is 5.91 Å². The summed E-state index contributed by atoms with van der Waals surface area (Å²) >= 11 is 0. The van der Waals surface area contributed by atoms with Crippen LogP contribution >= 0.6 is 0 Å². The predicted octanol–water partition coefficient (Wildman–Crippen LogP) is 6.10. The molecule has 4 aromatic rings. The summed E-state index contributed by atoms with van der Waals surface area (Å²) in [6.45, 7) is 8.24. The van der Waals surface area contributed by atoms with Crippen molar-refractivity contribution in [2.24, 2.45) is 11.7 Å². The first-order chi connectivity index (χ1) is 17.5. The average Bonchev–Trinajstić information content (AvgIpc) is 3.22. The normalized spacial score (nSPS) is 12.0. The first kappa shape index (κ1) is 25.4. The van der Waals surface area contributed by atoms with E-state index in [0.717, 1.165) is 29.2 Å². The first-order valence-corrected chi connectivity index (χ1v) is 12.7. The second-order valence-electron chi connectivity index (χ2n) is 9.54. The van der Waals surface area contributed by atoms with Gasteiger partial charge in [-0.15, -0.1) is 0 Å². The van der Waals surface area contributed by atoms with Gasteiger partial charge in [-0.05, 0) is 43.5 Å². The summed E-state index contributed by atoms with van der Waals surface area (Å²) in [4.78, 5) is 21.1. The van der Waals surface area contributed by atoms with Crippen LogP contribution in [0.1, 0.15) is 53.7 Å². The van der Waals surface area contributed by atoms with E-state index in [4.69, 9.17) is 10.7 Å². The van der Waals surface area contributed by atoms with Crippen LogP contribution in [0.3, 0.4) is 0 Å². The molecule has 0 aliphatic heterocycles. The lowest BCUT2D eigenvalue weighted by Gasteiger charge is -2.35. The second-order valence-corrected chi connectivity index (χ2v) is 9.54. The molecule has 5 nitrogen and oxygen atoms in total. The molecular formula is C31H36N4O. The lowest BCUT2D eigenvalue weighted by Crippen LogP contribution is -2.40. The minimum absolute atomic E-state index is 0.0101. The van der Waals surface area contributed by atoms with Crippen molar-refractivity contribution >= 4 is 5.91 Å². The van der Waals surface area contributed by atoms with E-state index in [-0.39, 0.29) is 17.9 Å². The zero-order valence-corrected chi connectivity index (χ0v) is 21.5. The largest absolute Gasteiger partial charge is 0.330 e. The number of carbonyl (C=O) groups is 1. The maximum atomic E-state index is 13.8. The molecule has 2 N–H and O–H groups in total. The Morgan fingerprint density at radius 3 is 2.08 bits per heavy atom. The van der Waals surface area contributed by atoms with Crippen LogP contribution in [0, 0.1) is 12.8 Å². The minimum atomic E-state index is -0.205. The fourth-order valence-corrected chi connectivity index (χ4v) is 4.79. The fourth-order valence-electron chi connectivity index (χ4n) is 4.79. The molecular weight excluding hydrogens is 444 g/mol. The Hall–Kier alpha value is -3.70. The number of imidazole rings is 1. The number of nitrogens with zero attached hydrogens (tertiary/aromatic N) is 3. The van der Waals surface area contributed by atoms with E-state index < -0.39 is 0 Å². The van der Waals surface area contributed by atoms with Gasteiger partial charge in [-0.25, -0.2) is 4.98 Å². The summed E-state index contributed by atoms with van der Waals surface area (Å²) in [6, 6.07) is 30.0. The van der Waals surface area contributed by atoms with Gasteiger partial charge < -0.3 is 15.2 Å². The van der Waals surface area contributed by atoms with Gasteiger partial charge in [0.2, 0.25) is 0 Å². The van der Waals surface area contributed by atoms with Crippen LogP contribution in [0.4, 0.5) is 0 Å². The molecule has 5 heteroatoms. The minimum Gasteiger partial charge on any atom is -0.330 e. The zero-order valence-electron chi connectivity index (χ0n) is 21.5. The van der Waals surface area contributed by atoms with Crippen LogP contribution < -0.4 is 5.73 Å². The predicted molar refractivity (Wildman–Crippen MR) is 147 cm³/mol. The summed E-state index contributed by atoms with van der Waals surface area (Å²) in [6.07, 6.45) is 0.728. The topological polar surface area (TPSA) is 64.2 Å². The molecule has 1 heterocycles. The number of aromatic nitrogens is 2. The maximum absolute atomic E-state index is 13.8. The molecule has 0 saturated carbocycles. The highest BCUT2D eigenvalue weighted by atomic mass is 16.2. The summed E-state index contributed by atoms with van der Waals surface area (Å²) in [5.41, 5.74) is 10.9. The molecule has 0 spiro atoms. The number of nitrogens with two attached hydrogens (primary N) is 1. The maximum Gasteiger partial charge on any atom is 0.254 e. The molecule has 186 valence electrons. The van der Waals surface area contributed by atoms with Crippen LogP contribution in [-0.4, -0.2) is 33.4 Å². The standard InChI is InChI=1S/C31H36N4O/c1-23(2)29(34(21-13-20-32)31(36)27-18-11-6-12-19-27)30-33-28(26-16-9-5-10-17-26)24(3)35(30)22-25-14-7-4-8-15-25/h4-12,14-19,23,29H,13,20-22,32H2,1-3H3. The summed E-state index contributed by atoms with van der Waals surface area (Å²) < 4.78 is 2.29. The highest BCUT2D eigenvalue weighted by Gasteiger charge is 2.33. The van der Waals surface area contributed by atoms with Crippen LogP contribution in [0.15, 0.2) is 91.0 Å². The highest BCUT2D eigenvalue weighted by molar-refractivity contribution is 5.94. The van der Waals surface area contributed by atoms with E-state index in [9.17, 15) is 4.79 Å². The molecule has 0 fully saturated rings. The van der Waals surface area contributed by atoms with Gasteiger partial charge in [-0.2, -0.15) is 0 Å². The molecule has 0 aliphatic rings. The Morgan fingerprint density at radius 1 is 0.917 bits per heavy atom. The zero-order chi connectivity index (χ0) is 25.5. The molecule has 1 atom stereocenters. The van der Waals surface area contributed by atoms with E-state index in [2.05, 4.69) is 61.7 Å². The van der Waals surface area contributed by atoms with Gasteiger partial charge in [-0.3, -0.25) is 4.79 Å². The van der Waals surface area contributed by atoms with Crippen molar-refractivity contribution in [1.29, 1.82) is 0 Å². The quantitative estimate of drug-likeness (QED) is 0.298. The average molecular weight is 481 g/mol. The molecule has 0 bridgehead atoms. The summed E-state index contributed by atoms with van der Waals surface area (Å²) in [7, 11) is 0. The second kappa shape index (κ2) is 11.8. The van der Waals surface area contributed by atoms with Crippen LogP contribution in [0.25, 0.3) is 11.3 Å². The van der Waals surface area contributed by atoms with E-state index in [1.165, 1.54) is 5.56 Å². The molecule has 0 aliphatic carbocycles. The molecule has 1 amide bonds. The van der Waals surface area contributed by atoms with Crippen molar-refractivity contribution in [2.45, 2.75) is 39.8 Å². The van der Waals surface area contributed by atoms with E-state index >= 15 is 0 Å². The van der Waals surface area contributed by atoms with Crippen LogP contribution in [0.5, 0.6) is 0 Å². The number of hydrogen-bond donors (Lipinski definition) is 1. The molecule has 0 saturated heterocycles. The SMILES string of the molecule is Cc1c(-c2ccccc2)nc(C(C(C)C)N(CCCN)C(=O)c2ccccc2)n1Cc1ccccc1. The molecule has 0 radical (unpaired) electrons. The number of hydrogen-bond acceptors (Lipinski definition) is 3. The van der Waals surface area contributed by atoms with Crippen LogP contribution in [0.2, 0.25) is 0 Å². The van der Waals surface area contributed by atoms with Gasteiger partial charge in [-0.1, -0.05) is 92.7 Å². The van der Waals surface area contributed by atoms with Crippen molar-refractivity contribution in [1.82, 2.24) is 14.5 Å². The third-order valence-electron chi connectivity index (χ3n) is 6.60. The van der Waals surface area contributed by atoms with Gasteiger partial charge >= 0.3 is 0 Å². The fraction of sp³-hybridized carbons (Fsp3) is 0.290. The molecule has 3 aromatic carbocycles. The number of benzene rings is 3. The Labute approximate surface area is 214 Å². The van der Waals surface area contributed by atoms with Crippen molar-refractivity contribution in [3.05, 3.63) is 114 Å². The van der Waals surface area contributed by atoms with Gasteiger partial charge in [0.15, 0.2) is 0 Å². The number of rotatable bonds is 10. The van der Waals surface area contributed by atoms with Gasteiger partial charge in [0.1, 0.15) is 5.82 Å². The lowest BCUT2D eigenvalue weighted by molar-refractivity contribution is 0.0604. The number of amides is 1. The molecule has 36 heavy (non-hydrogen) atoms. The lowest BCUT2D eigenvalue weighted by atomic mass is 9.99. The summed E-state index contributed by atoms with van der Waals surface area (Å²) in [5.74, 6) is 1.07. The Morgan fingerprint density at radius 2 is 1.50 bits per heavy atom. The first-order valence-electron chi connectivity index (χ1n) is 12.7. The third kappa shape index (κ3) is 5.58. The Bertz CT molecular complexity index is 1250. The van der Waals surface area contributed by atoms with E-state index in [1.807, 2.05) is 59.5 Å². The van der Waals surface area contributed by atoms with Crippen molar-refractivity contribution in [3.8, 4) is 11.3 Å². The highest BCUT2D eigenvalue weighted by Crippen LogP contribution is 2.34. The van der Waals surface area contributed by atoms with Gasteiger partial charge in [0.05, 0.1) is 11.7 Å².